The van der Waals surface area contributed by atoms with E-state index >= 15 is 0 Å². The van der Waals surface area contributed by atoms with Crippen LogP contribution in [0.25, 0.3) is 0 Å². The molecule has 1 saturated carbocycles. The Morgan fingerprint density at radius 2 is 2.11 bits per heavy atom. The summed E-state index contributed by atoms with van der Waals surface area (Å²) in [5, 5.41) is 0. The van der Waals surface area contributed by atoms with Crippen LogP contribution in [-0.2, 0) is 13.1 Å². The highest BCUT2D eigenvalue weighted by Crippen LogP contribution is 2.25. The maximum absolute atomic E-state index is 5.68. The van der Waals surface area contributed by atoms with E-state index in [9.17, 15) is 0 Å². The second-order valence-corrected chi connectivity index (χ2v) is 6.12. The van der Waals surface area contributed by atoms with Crippen LogP contribution in [0.3, 0.4) is 0 Å². The Labute approximate surface area is 117 Å². The lowest BCUT2D eigenvalue weighted by atomic mass is 10.1. The standard InChI is InChI=1S/C16H27N3/c1-13(2)11-19(16-5-3-4-6-16)12-14-7-8-18-15(9-14)10-17/h7-9,13,16H,3-6,10-12,17H2,1-2H3. The van der Waals surface area contributed by atoms with Crippen LogP contribution in [0.15, 0.2) is 18.3 Å². The SMILES string of the molecule is CC(C)CN(Cc1ccnc(CN)c1)C1CCCC1. The van der Waals surface area contributed by atoms with E-state index in [-0.39, 0.29) is 0 Å². The van der Waals surface area contributed by atoms with Gasteiger partial charge in [-0.3, -0.25) is 9.88 Å². The predicted octanol–water partition coefficient (Wildman–Crippen LogP) is 2.94. The minimum absolute atomic E-state index is 0.529. The van der Waals surface area contributed by atoms with Gasteiger partial charge in [0.05, 0.1) is 5.69 Å². The van der Waals surface area contributed by atoms with E-state index in [0.29, 0.717) is 6.54 Å². The number of hydrogen-bond acceptors (Lipinski definition) is 3. The summed E-state index contributed by atoms with van der Waals surface area (Å²) in [4.78, 5) is 6.94. The Morgan fingerprint density at radius 1 is 1.37 bits per heavy atom. The van der Waals surface area contributed by atoms with E-state index in [1.54, 1.807) is 0 Å². The lowest BCUT2D eigenvalue weighted by Crippen LogP contribution is -2.35. The molecule has 0 bridgehead atoms. The molecule has 0 atom stereocenters. The van der Waals surface area contributed by atoms with Crippen molar-refractivity contribution >= 4 is 0 Å². The number of rotatable bonds is 6. The first kappa shape index (κ1) is 14.5. The van der Waals surface area contributed by atoms with Crippen LogP contribution in [0.4, 0.5) is 0 Å². The number of hydrogen-bond donors (Lipinski definition) is 1. The summed E-state index contributed by atoms with van der Waals surface area (Å²) in [6.45, 7) is 7.37. The third-order valence-corrected chi connectivity index (χ3v) is 3.92. The van der Waals surface area contributed by atoms with Crippen molar-refractivity contribution in [3.05, 3.63) is 29.6 Å². The molecule has 1 heterocycles. The Balaban J connectivity index is 2.05. The quantitative estimate of drug-likeness (QED) is 0.856. The van der Waals surface area contributed by atoms with Crippen LogP contribution in [0.2, 0.25) is 0 Å². The molecule has 0 spiro atoms. The molecule has 1 aromatic rings. The number of aromatic nitrogens is 1. The fraction of sp³-hybridized carbons (Fsp3) is 0.688. The molecular formula is C16H27N3. The number of pyridine rings is 1. The molecule has 0 aliphatic heterocycles. The van der Waals surface area contributed by atoms with Gasteiger partial charge < -0.3 is 5.73 Å². The lowest BCUT2D eigenvalue weighted by molar-refractivity contribution is 0.168. The lowest BCUT2D eigenvalue weighted by Gasteiger charge is -2.30. The fourth-order valence-corrected chi connectivity index (χ4v) is 3.05. The molecule has 2 N–H and O–H groups in total. The Bertz CT molecular complexity index is 383. The zero-order chi connectivity index (χ0) is 13.7. The summed E-state index contributed by atoms with van der Waals surface area (Å²) in [5.41, 5.74) is 8.02. The van der Waals surface area contributed by atoms with Crippen LogP contribution in [0.5, 0.6) is 0 Å². The van der Waals surface area contributed by atoms with E-state index in [1.165, 1.54) is 37.8 Å². The summed E-state index contributed by atoms with van der Waals surface area (Å²) in [6.07, 6.45) is 7.40. The van der Waals surface area contributed by atoms with Gasteiger partial charge in [-0.25, -0.2) is 0 Å². The van der Waals surface area contributed by atoms with Gasteiger partial charge in [0.1, 0.15) is 0 Å². The van der Waals surface area contributed by atoms with Crippen LogP contribution in [0.1, 0.15) is 50.8 Å². The molecule has 2 rings (SSSR count). The molecule has 1 aliphatic carbocycles. The first-order valence-electron chi connectivity index (χ1n) is 7.57. The van der Waals surface area contributed by atoms with E-state index in [4.69, 9.17) is 5.73 Å². The first-order chi connectivity index (χ1) is 9.19. The molecule has 0 unspecified atom stereocenters. The second-order valence-electron chi connectivity index (χ2n) is 6.12. The largest absolute Gasteiger partial charge is 0.325 e. The van der Waals surface area contributed by atoms with Crippen molar-refractivity contribution in [2.24, 2.45) is 11.7 Å². The summed E-state index contributed by atoms with van der Waals surface area (Å²) in [7, 11) is 0. The molecule has 19 heavy (non-hydrogen) atoms. The predicted molar refractivity (Wildman–Crippen MR) is 79.6 cm³/mol. The molecule has 0 aromatic carbocycles. The average molecular weight is 261 g/mol. The highest BCUT2D eigenvalue weighted by molar-refractivity contribution is 5.16. The molecule has 0 radical (unpaired) electrons. The van der Waals surface area contributed by atoms with E-state index < -0.39 is 0 Å². The molecule has 3 nitrogen and oxygen atoms in total. The normalized spacial score (nSPS) is 16.7. The van der Waals surface area contributed by atoms with Gasteiger partial charge in [-0.15, -0.1) is 0 Å². The van der Waals surface area contributed by atoms with Gasteiger partial charge in [0.15, 0.2) is 0 Å². The van der Waals surface area contributed by atoms with Gasteiger partial charge >= 0.3 is 0 Å². The van der Waals surface area contributed by atoms with Crippen LogP contribution in [-0.4, -0.2) is 22.5 Å². The third-order valence-electron chi connectivity index (χ3n) is 3.92. The van der Waals surface area contributed by atoms with Crippen molar-refractivity contribution in [1.29, 1.82) is 0 Å². The summed E-state index contributed by atoms with van der Waals surface area (Å²) >= 11 is 0. The smallest absolute Gasteiger partial charge is 0.0542 e. The molecule has 1 fully saturated rings. The topological polar surface area (TPSA) is 42.2 Å². The van der Waals surface area contributed by atoms with E-state index in [1.807, 2.05) is 6.20 Å². The zero-order valence-corrected chi connectivity index (χ0v) is 12.3. The summed E-state index contributed by atoms with van der Waals surface area (Å²) in [6, 6.07) is 5.06. The Hall–Kier alpha value is -0.930. The summed E-state index contributed by atoms with van der Waals surface area (Å²) < 4.78 is 0. The van der Waals surface area contributed by atoms with Crippen molar-refractivity contribution in [3.8, 4) is 0 Å². The van der Waals surface area contributed by atoms with Crippen LogP contribution < -0.4 is 5.73 Å². The number of nitrogens with zero attached hydrogens (tertiary/aromatic N) is 2. The molecule has 106 valence electrons. The minimum Gasteiger partial charge on any atom is -0.325 e. The minimum atomic E-state index is 0.529. The molecule has 0 amide bonds. The second kappa shape index (κ2) is 7.01. The van der Waals surface area contributed by atoms with E-state index in [0.717, 1.165) is 24.2 Å². The monoisotopic (exact) mass is 261 g/mol. The van der Waals surface area contributed by atoms with Gasteiger partial charge in [-0.05, 0) is 36.5 Å². The van der Waals surface area contributed by atoms with Crippen molar-refractivity contribution in [2.45, 2.75) is 58.7 Å². The van der Waals surface area contributed by atoms with Crippen molar-refractivity contribution in [1.82, 2.24) is 9.88 Å². The highest BCUT2D eigenvalue weighted by Gasteiger charge is 2.23. The average Bonchev–Trinajstić information content (AvgIpc) is 2.91. The molecule has 3 heteroatoms. The van der Waals surface area contributed by atoms with Crippen LogP contribution >= 0.6 is 0 Å². The van der Waals surface area contributed by atoms with Crippen LogP contribution in [0, 0.1) is 5.92 Å². The highest BCUT2D eigenvalue weighted by atomic mass is 15.2. The zero-order valence-electron chi connectivity index (χ0n) is 12.3. The fourth-order valence-electron chi connectivity index (χ4n) is 3.05. The first-order valence-corrected chi connectivity index (χ1v) is 7.57. The maximum atomic E-state index is 5.68. The summed E-state index contributed by atoms with van der Waals surface area (Å²) in [5.74, 6) is 0.719. The molecule has 1 aliphatic rings. The van der Waals surface area contributed by atoms with Gasteiger partial charge in [-0.2, -0.15) is 0 Å². The third kappa shape index (κ3) is 4.29. The molecule has 0 saturated heterocycles. The van der Waals surface area contributed by atoms with Crippen molar-refractivity contribution < 1.29 is 0 Å². The molecular weight excluding hydrogens is 234 g/mol. The Morgan fingerprint density at radius 3 is 2.74 bits per heavy atom. The van der Waals surface area contributed by atoms with Gasteiger partial charge in [0, 0.05) is 31.9 Å². The van der Waals surface area contributed by atoms with E-state index in [2.05, 4.69) is 35.9 Å². The maximum Gasteiger partial charge on any atom is 0.0542 e. The van der Waals surface area contributed by atoms with Crippen molar-refractivity contribution in [2.75, 3.05) is 6.54 Å². The molecule has 1 aromatic heterocycles. The Kier molecular flexibility index (Phi) is 5.34. The van der Waals surface area contributed by atoms with Gasteiger partial charge in [0.25, 0.3) is 0 Å². The number of nitrogens with two attached hydrogens (primary N) is 1. The van der Waals surface area contributed by atoms with Crippen molar-refractivity contribution in [3.63, 3.8) is 0 Å². The van der Waals surface area contributed by atoms with Gasteiger partial charge in [0.2, 0.25) is 0 Å². The van der Waals surface area contributed by atoms with Gasteiger partial charge in [-0.1, -0.05) is 26.7 Å².